The van der Waals surface area contributed by atoms with Crippen molar-refractivity contribution in [3.8, 4) is 0 Å². The summed E-state index contributed by atoms with van der Waals surface area (Å²) in [6, 6.07) is 26.1. The third kappa shape index (κ3) is 4.86. The Morgan fingerprint density at radius 1 is 0.857 bits per heavy atom. The molecule has 4 heteroatoms. The first-order chi connectivity index (χ1) is 13.5. The Morgan fingerprint density at radius 3 is 1.93 bits per heavy atom. The molecule has 3 aromatic carbocycles. The van der Waals surface area contributed by atoms with Gasteiger partial charge < -0.3 is 11.1 Å². The summed E-state index contributed by atoms with van der Waals surface area (Å²) in [5.74, 6) is -1.30. The van der Waals surface area contributed by atoms with Gasteiger partial charge in [-0.3, -0.25) is 9.59 Å². The lowest BCUT2D eigenvalue weighted by atomic mass is 9.90. The fraction of sp³-hybridized carbons (Fsp3) is 0.167. The molecule has 0 bridgehead atoms. The largest absolute Gasteiger partial charge is 0.368 e. The average Bonchev–Trinajstić information content (AvgIpc) is 2.69. The number of amides is 2. The summed E-state index contributed by atoms with van der Waals surface area (Å²) in [6.45, 7) is 1.99. The summed E-state index contributed by atoms with van der Waals surface area (Å²) in [4.78, 5) is 25.2. The van der Waals surface area contributed by atoms with Crippen LogP contribution in [0.1, 0.15) is 28.2 Å². The second-order valence-corrected chi connectivity index (χ2v) is 6.91. The van der Waals surface area contributed by atoms with Crippen molar-refractivity contribution in [1.29, 1.82) is 0 Å². The van der Waals surface area contributed by atoms with E-state index < -0.39 is 17.9 Å². The van der Waals surface area contributed by atoms with E-state index in [-0.39, 0.29) is 5.91 Å². The lowest BCUT2D eigenvalue weighted by Gasteiger charge is -2.22. The molecular weight excluding hydrogens is 348 g/mol. The highest BCUT2D eigenvalue weighted by atomic mass is 16.2. The minimum Gasteiger partial charge on any atom is -0.368 e. The average molecular weight is 372 g/mol. The van der Waals surface area contributed by atoms with Gasteiger partial charge in [-0.15, -0.1) is 0 Å². The smallest absolute Gasteiger partial charge is 0.240 e. The van der Waals surface area contributed by atoms with Gasteiger partial charge in [0.25, 0.3) is 0 Å². The Balaban J connectivity index is 1.86. The van der Waals surface area contributed by atoms with Gasteiger partial charge in [-0.25, -0.2) is 0 Å². The van der Waals surface area contributed by atoms with Crippen LogP contribution in [0.5, 0.6) is 0 Å². The molecule has 0 saturated carbocycles. The van der Waals surface area contributed by atoms with E-state index in [4.69, 9.17) is 5.73 Å². The summed E-state index contributed by atoms with van der Waals surface area (Å²) < 4.78 is 0. The first kappa shape index (κ1) is 19.4. The normalized spacial score (nSPS) is 11.8. The van der Waals surface area contributed by atoms with Gasteiger partial charge in [0.2, 0.25) is 11.8 Å². The molecule has 0 aliphatic carbocycles. The number of nitrogens with two attached hydrogens (primary N) is 1. The number of hydrogen-bond acceptors (Lipinski definition) is 2. The van der Waals surface area contributed by atoms with Gasteiger partial charge in [-0.05, 0) is 23.6 Å². The van der Waals surface area contributed by atoms with Crippen molar-refractivity contribution in [3.05, 3.63) is 107 Å². The van der Waals surface area contributed by atoms with E-state index in [9.17, 15) is 9.59 Å². The summed E-state index contributed by atoms with van der Waals surface area (Å²) in [6.07, 6.45) is 0.360. The predicted molar refractivity (Wildman–Crippen MR) is 111 cm³/mol. The van der Waals surface area contributed by atoms with E-state index in [2.05, 4.69) is 5.32 Å². The van der Waals surface area contributed by atoms with Crippen molar-refractivity contribution in [3.63, 3.8) is 0 Å². The number of benzene rings is 3. The summed E-state index contributed by atoms with van der Waals surface area (Å²) in [5.41, 5.74) is 9.38. The Morgan fingerprint density at radius 2 is 1.43 bits per heavy atom. The number of carbonyl (C=O) groups excluding carboxylic acids is 2. The molecule has 3 N–H and O–H groups in total. The quantitative estimate of drug-likeness (QED) is 0.668. The lowest BCUT2D eigenvalue weighted by Crippen LogP contribution is -2.47. The molecule has 0 aromatic heterocycles. The number of carbonyl (C=O) groups is 2. The third-order valence-electron chi connectivity index (χ3n) is 4.71. The number of hydrogen-bond donors (Lipinski definition) is 2. The second-order valence-electron chi connectivity index (χ2n) is 6.91. The summed E-state index contributed by atoms with van der Waals surface area (Å²) in [5, 5.41) is 2.87. The molecule has 0 spiro atoms. The number of nitrogens with one attached hydrogen (secondary N) is 1. The molecule has 4 nitrogen and oxygen atoms in total. The first-order valence-corrected chi connectivity index (χ1v) is 9.29. The minimum atomic E-state index is -0.774. The van der Waals surface area contributed by atoms with E-state index >= 15 is 0 Å². The van der Waals surface area contributed by atoms with Crippen LogP contribution in [0.25, 0.3) is 0 Å². The van der Waals surface area contributed by atoms with Crippen molar-refractivity contribution in [2.45, 2.75) is 25.3 Å². The third-order valence-corrected chi connectivity index (χ3v) is 4.71. The first-order valence-electron chi connectivity index (χ1n) is 9.29. The highest BCUT2D eigenvalue weighted by molar-refractivity contribution is 5.92. The van der Waals surface area contributed by atoms with Crippen LogP contribution in [0, 0.1) is 6.92 Å². The molecule has 2 amide bonds. The Hall–Kier alpha value is -3.40. The fourth-order valence-corrected chi connectivity index (χ4v) is 3.34. The molecule has 0 heterocycles. The van der Waals surface area contributed by atoms with Crippen molar-refractivity contribution in [1.82, 2.24) is 5.32 Å². The topological polar surface area (TPSA) is 72.2 Å². The molecule has 28 heavy (non-hydrogen) atoms. The van der Waals surface area contributed by atoms with Crippen LogP contribution in [0.4, 0.5) is 0 Å². The van der Waals surface area contributed by atoms with Gasteiger partial charge >= 0.3 is 0 Å². The van der Waals surface area contributed by atoms with Crippen LogP contribution in [-0.2, 0) is 16.0 Å². The number of rotatable bonds is 7. The Kier molecular flexibility index (Phi) is 6.22. The van der Waals surface area contributed by atoms with E-state index in [0.29, 0.717) is 6.42 Å². The SMILES string of the molecule is Cc1cccc(C[C@H](NC(=O)C(c2ccccc2)c2ccccc2)C(N)=O)c1. The van der Waals surface area contributed by atoms with Crippen LogP contribution in [-0.4, -0.2) is 17.9 Å². The highest BCUT2D eigenvalue weighted by Gasteiger charge is 2.27. The maximum absolute atomic E-state index is 13.2. The molecule has 0 aliphatic heterocycles. The molecule has 0 unspecified atom stereocenters. The Bertz CT molecular complexity index is 900. The minimum absolute atomic E-state index is 0.242. The lowest BCUT2D eigenvalue weighted by molar-refractivity contribution is -0.127. The summed E-state index contributed by atoms with van der Waals surface area (Å²) >= 11 is 0. The molecule has 3 aromatic rings. The van der Waals surface area contributed by atoms with E-state index in [1.165, 1.54) is 0 Å². The molecule has 0 radical (unpaired) electrons. The standard InChI is InChI=1S/C24H24N2O2/c1-17-9-8-10-18(15-17)16-21(23(25)27)26-24(28)22(19-11-4-2-5-12-19)20-13-6-3-7-14-20/h2-15,21-22H,16H2,1H3,(H2,25,27)(H,26,28)/t21-/m0/s1. The zero-order chi connectivity index (χ0) is 19.9. The van der Waals surface area contributed by atoms with E-state index in [1.54, 1.807) is 0 Å². The summed E-state index contributed by atoms with van der Waals surface area (Å²) in [7, 11) is 0. The van der Waals surface area contributed by atoms with Gasteiger partial charge in [-0.2, -0.15) is 0 Å². The Labute approximate surface area is 165 Å². The van der Waals surface area contributed by atoms with Crippen molar-refractivity contribution in [2.24, 2.45) is 5.73 Å². The number of aryl methyl sites for hydroxylation is 1. The van der Waals surface area contributed by atoms with Crippen LogP contribution in [0.3, 0.4) is 0 Å². The highest BCUT2D eigenvalue weighted by Crippen LogP contribution is 2.25. The number of primary amides is 1. The molecule has 0 aliphatic rings. The maximum atomic E-state index is 13.2. The monoisotopic (exact) mass is 372 g/mol. The van der Waals surface area contributed by atoms with E-state index in [1.807, 2.05) is 91.9 Å². The molecule has 142 valence electrons. The van der Waals surface area contributed by atoms with Gasteiger partial charge in [0.1, 0.15) is 6.04 Å². The molecule has 1 atom stereocenters. The van der Waals surface area contributed by atoms with Crippen LogP contribution in [0.15, 0.2) is 84.9 Å². The molecular formula is C24H24N2O2. The van der Waals surface area contributed by atoms with Crippen molar-refractivity contribution < 1.29 is 9.59 Å². The maximum Gasteiger partial charge on any atom is 0.240 e. The van der Waals surface area contributed by atoms with Crippen LogP contribution < -0.4 is 11.1 Å². The van der Waals surface area contributed by atoms with E-state index in [0.717, 1.165) is 22.3 Å². The van der Waals surface area contributed by atoms with Crippen molar-refractivity contribution in [2.75, 3.05) is 0 Å². The van der Waals surface area contributed by atoms with Crippen molar-refractivity contribution >= 4 is 11.8 Å². The van der Waals surface area contributed by atoms with Gasteiger partial charge in [0, 0.05) is 6.42 Å². The predicted octanol–water partition coefficient (Wildman–Crippen LogP) is 3.34. The van der Waals surface area contributed by atoms with Gasteiger partial charge in [-0.1, -0.05) is 90.5 Å². The second kappa shape index (κ2) is 9.00. The molecule has 0 saturated heterocycles. The fourth-order valence-electron chi connectivity index (χ4n) is 3.34. The molecule has 3 rings (SSSR count). The van der Waals surface area contributed by atoms with Crippen LogP contribution in [0.2, 0.25) is 0 Å². The molecule has 0 fully saturated rings. The zero-order valence-electron chi connectivity index (χ0n) is 15.8. The zero-order valence-corrected chi connectivity index (χ0v) is 15.8. The van der Waals surface area contributed by atoms with Gasteiger partial charge in [0.15, 0.2) is 0 Å². The van der Waals surface area contributed by atoms with Crippen LogP contribution >= 0.6 is 0 Å². The van der Waals surface area contributed by atoms with Gasteiger partial charge in [0.05, 0.1) is 5.92 Å².